The molecule has 5 heteroatoms. The van der Waals surface area contributed by atoms with Crippen LogP contribution in [0.15, 0.2) is 22.9 Å². The minimum absolute atomic E-state index is 0.0728. The summed E-state index contributed by atoms with van der Waals surface area (Å²) in [6, 6.07) is 4.11. The minimum Gasteiger partial charge on any atom is -0.371 e. The van der Waals surface area contributed by atoms with Gasteiger partial charge in [-0.3, -0.25) is 0 Å². The Kier molecular flexibility index (Phi) is 4.97. The fourth-order valence-electron chi connectivity index (χ4n) is 2.50. The van der Waals surface area contributed by atoms with Crippen LogP contribution < -0.4 is 4.90 Å². The maximum Gasteiger partial charge on any atom is 0.159 e. The molecule has 2 heterocycles. The summed E-state index contributed by atoms with van der Waals surface area (Å²) in [5, 5.41) is 0. The summed E-state index contributed by atoms with van der Waals surface area (Å²) in [6.45, 7) is 2.06. The van der Waals surface area contributed by atoms with E-state index < -0.39 is 0 Å². The normalized spacial score (nSPS) is 17.4. The second kappa shape index (κ2) is 6.50. The van der Waals surface area contributed by atoms with Crippen LogP contribution in [0.3, 0.4) is 0 Å². The van der Waals surface area contributed by atoms with E-state index in [1.807, 2.05) is 6.20 Å². The lowest BCUT2D eigenvalue weighted by atomic mass is 9.96. The molecule has 1 fully saturated rings. The maximum absolute atomic E-state index is 5.34. The van der Waals surface area contributed by atoms with Gasteiger partial charge in [0.25, 0.3) is 0 Å². The predicted octanol–water partition coefficient (Wildman–Crippen LogP) is 2.68. The van der Waals surface area contributed by atoms with Crippen molar-refractivity contribution in [3.05, 3.63) is 22.9 Å². The maximum atomic E-state index is 5.34. The number of hydrogen-bond donors (Lipinski definition) is 0. The fourth-order valence-corrected chi connectivity index (χ4v) is 2.85. The van der Waals surface area contributed by atoms with Gasteiger partial charge >= 0.3 is 0 Å². The van der Waals surface area contributed by atoms with E-state index in [1.165, 1.54) is 5.69 Å². The molecule has 0 amide bonds. The van der Waals surface area contributed by atoms with Crippen LogP contribution in [0.4, 0.5) is 5.69 Å². The van der Waals surface area contributed by atoms with Crippen molar-refractivity contribution in [2.75, 3.05) is 32.2 Å². The molecule has 0 unspecified atom stereocenters. The lowest BCUT2D eigenvalue weighted by molar-refractivity contribution is -0.141. The Morgan fingerprint density at radius 2 is 2.00 bits per heavy atom. The number of anilines is 1. The molecule has 1 aromatic heterocycles. The Morgan fingerprint density at radius 1 is 1.33 bits per heavy atom. The molecule has 1 aliphatic rings. The molecule has 1 aromatic rings. The molecule has 0 bridgehead atoms. The molecular weight excluding hydrogens is 296 g/mol. The van der Waals surface area contributed by atoms with Gasteiger partial charge < -0.3 is 14.4 Å². The first-order valence-electron chi connectivity index (χ1n) is 6.16. The van der Waals surface area contributed by atoms with Crippen LogP contribution in [0.5, 0.6) is 0 Å². The highest BCUT2D eigenvalue weighted by Gasteiger charge is 2.26. The zero-order valence-corrected chi connectivity index (χ0v) is 12.4. The summed E-state index contributed by atoms with van der Waals surface area (Å²) in [4.78, 5) is 6.53. The van der Waals surface area contributed by atoms with Gasteiger partial charge in [-0.2, -0.15) is 0 Å². The molecule has 0 spiro atoms. The van der Waals surface area contributed by atoms with Crippen LogP contribution in [-0.4, -0.2) is 38.6 Å². The van der Waals surface area contributed by atoms with Crippen molar-refractivity contribution < 1.29 is 9.47 Å². The van der Waals surface area contributed by atoms with E-state index in [-0.39, 0.29) is 6.29 Å². The van der Waals surface area contributed by atoms with Crippen LogP contribution in [-0.2, 0) is 9.47 Å². The zero-order valence-electron chi connectivity index (χ0n) is 10.8. The average molecular weight is 315 g/mol. The first kappa shape index (κ1) is 13.8. The fraction of sp³-hybridized carbons (Fsp3) is 0.615. The van der Waals surface area contributed by atoms with Crippen LogP contribution in [0.1, 0.15) is 12.8 Å². The summed E-state index contributed by atoms with van der Waals surface area (Å²) in [5.74, 6) is 0.488. The van der Waals surface area contributed by atoms with Crippen molar-refractivity contribution in [1.82, 2.24) is 4.98 Å². The number of piperidine rings is 1. The highest BCUT2D eigenvalue weighted by molar-refractivity contribution is 9.10. The molecule has 1 saturated heterocycles. The Morgan fingerprint density at radius 3 is 2.56 bits per heavy atom. The Bertz CT molecular complexity index is 377. The third kappa shape index (κ3) is 3.22. The van der Waals surface area contributed by atoms with E-state index in [1.54, 1.807) is 14.2 Å². The summed E-state index contributed by atoms with van der Waals surface area (Å²) in [5.41, 5.74) is 1.22. The number of nitrogens with zero attached hydrogens (tertiary/aromatic N) is 2. The summed E-state index contributed by atoms with van der Waals surface area (Å²) < 4.78 is 11.6. The number of methoxy groups -OCH3 is 2. The van der Waals surface area contributed by atoms with Gasteiger partial charge in [-0.05, 0) is 40.9 Å². The Labute approximate surface area is 116 Å². The second-order valence-electron chi connectivity index (χ2n) is 4.50. The van der Waals surface area contributed by atoms with Gasteiger partial charge in [-0.15, -0.1) is 0 Å². The van der Waals surface area contributed by atoms with Crippen molar-refractivity contribution in [2.24, 2.45) is 5.92 Å². The SMILES string of the molecule is COC(OC)C1CCN(c2ccnc(Br)c2)CC1. The van der Waals surface area contributed by atoms with E-state index in [4.69, 9.17) is 9.47 Å². The lowest BCUT2D eigenvalue weighted by Crippen LogP contribution is -2.39. The van der Waals surface area contributed by atoms with Gasteiger partial charge in [-0.1, -0.05) is 0 Å². The standard InChI is InChI=1S/C13H19BrN2O2/c1-17-13(18-2)10-4-7-16(8-5-10)11-3-6-15-12(14)9-11/h3,6,9-10,13H,4-5,7-8H2,1-2H3. The van der Waals surface area contributed by atoms with E-state index in [9.17, 15) is 0 Å². The molecule has 18 heavy (non-hydrogen) atoms. The van der Waals surface area contributed by atoms with Crippen LogP contribution in [0.2, 0.25) is 0 Å². The monoisotopic (exact) mass is 314 g/mol. The smallest absolute Gasteiger partial charge is 0.159 e. The third-order valence-electron chi connectivity index (χ3n) is 3.46. The molecule has 0 N–H and O–H groups in total. The molecule has 2 rings (SSSR count). The molecular formula is C13H19BrN2O2. The summed E-state index contributed by atoms with van der Waals surface area (Å²) >= 11 is 3.41. The van der Waals surface area contributed by atoms with Gasteiger partial charge in [0.05, 0.1) is 0 Å². The van der Waals surface area contributed by atoms with Crippen molar-refractivity contribution in [1.29, 1.82) is 0 Å². The lowest BCUT2D eigenvalue weighted by Gasteiger charge is -2.36. The second-order valence-corrected chi connectivity index (χ2v) is 5.31. The summed E-state index contributed by atoms with van der Waals surface area (Å²) in [7, 11) is 3.42. The molecule has 100 valence electrons. The van der Waals surface area contributed by atoms with E-state index in [2.05, 4.69) is 37.9 Å². The highest BCUT2D eigenvalue weighted by Crippen LogP contribution is 2.27. The number of halogens is 1. The van der Waals surface area contributed by atoms with E-state index in [0.717, 1.165) is 30.5 Å². The van der Waals surface area contributed by atoms with Gasteiger partial charge in [0, 0.05) is 45.1 Å². The van der Waals surface area contributed by atoms with E-state index in [0.29, 0.717) is 5.92 Å². The van der Waals surface area contributed by atoms with Gasteiger partial charge in [0.15, 0.2) is 6.29 Å². The minimum atomic E-state index is -0.0728. The number of pyridine rings is 1. The van der Waals surface area contributed by atoms with Crippen molar-refractivity contribution in [3.8, 4) is 0 Å². The Hall–Kier alpha value is -0.650. The molecule has 0 radical (unpaired) electrons. The van der Waals surface area contributed by atoms with Crippen LogP contribution >= 0.6 is 15.9 Å². The van der Waals surface area contributed by atoms with Crippen LogP contribution in [0.25, 0.3) is 0 Å². The number of ether oxygens (including phenoxy) is 2. The average Bonchev–Trinajstić information content (AvgIpc) is 2.41. The first-order chi connectivity index (χ1) is 8.74. The van der Waals surface area contributed by atoms with Crippen molar-refractivity contribution in [2.45, 2.75) is 19.1 Å². The number of hydrogen-bond acceptors (Lipinski definition) is 4. The van der Waals surface area contributed by atoms with E-state index >= 15 is 0 Å². The molecule has 0 saturated carbocycles. The van der Waals surface area contributed by atoms with Crippen LogP contribution in [0, 0.1) is 5.92 Å². The molecule has 0 aromatic carbocycles. The number of aromatic nitrogens is 1. The summed E-state index contributed by atoms with van der Waals surface area (Å²) in [6.07, 6.45) is 3.94. The number of rotatable bonds is 4. The van der Waals surface area contributed by atoms with Gasteiger partial charge in [0.1, 0.15) is 4.60 Å². The first-order valence-corrected chi connectivity index (χ1v) is 6.96. The zero-order chi connectivity index (χ0) is 13.0. The van der Waals surface area contributed by atoms with Gasteiger partial charge in [0.2, 0.25) is 0 Å². The molecule has 4 nitrogen and oxygen atoms in total. The highest BCUT2D eigenvalue weighted by atomic mass is 79.9. The van der Waals surface area contributed by atoms with Crippen molar-refractivity contribution in [3.63, 3.8) is 0 Å². The molecule has 0 aliphatic carbocycles. The topological polar surface area (TPSA) is 34.6 Å². The predicted molar refractivity (Wildman–Crippen MR) is 74.7 cm³/mol. The molecule has 1 aliphatic heterocycles. The quantitative estimate of drug-likeness (QED) is 0.632. The Balaban J connectivity index is 1.94. The largest absolute Gasteiger partial charge is 0.371 e. The third-order valence-corrected chi connectivity index (χ3v) is 3.90. The van der Waals surface area contributed by atoms with Crippen molar-refractivity contribution >= 4 is 21.6 Å². The molecule has 0 atom stereocenters. The van der Waals surface area contributed by atoms with Gasteiger partial charge in [-0.25, -0.2) is 4.98 Å².